The Labute approximate surface area is 280 Å². The molecular weight excluding hydrogens is 727 g/mol. The molecule has 1 radical (unpaired) electrons. The summed E-state index contributed by atoms with van der Waals surface area (Å²) in [5, 5.41) is 2.57. The van der Waals surface area contributed by atoms with E-state index in [1.54, 1.807) is 0 Å². The van der Waals surface area contributed by atoms with Gasteiger partial charge in [-0.15, -0.1) is 41.5 Å². The minimum atomic E-state index is 0. The topological polar surface area (TPSA) is 30.7 Å². The van der Waals surface area contributed by atoms with Crippen LogP contribution >= 0.6 is 0 Å². The van der Waals surface area contributed by atoms with Crippen molar-refractivity contribution in [3.05, 3.63) is 151 Å². The molecule has 4 aromatic carbocycles. The van der Waals surface area contributed by atoms with Crippen molar-refractivity contribution in [1.29, 1.82) is 0 Å². The van der Waals surface area contributed by atoms with Gasteiger partial charge in [0.05, 0.1) is 0 Å². The second kappa shape index (κ2) is 14.1. The van der Waals surface area contributed by atoms with Gasteiger partial charge in [-0.25, -0.2) is 0 Å². The quantitative estimate of drug-likeness (QED) is 0.164. The number of rotatable bonds is 5. The van der Waals surface area contributed by atoms with Crippen molar-refractivity contribution >= 4 is 21.8 Å². The number of pyridine rings is 2. The Morgan fingerprint density at radius 2 is 1.47 bits per heavy atom. The summed E-state index contributed by atoms with van der Waals surface area (Å²) < 4.78 is 2.43. The standard InChI is InChI=1S/C22H21N2.C19H16N.Ir/c1-15(2)14-24-21-7-5-4-6-18(21)19-9-8-17(13-22(19)24)20-12-16(3)10-11-23-20;1-14-8-6-7-11-17(14)19-12-15(2)18(13-20-19)16-9-4-3-5-10-16;/h4-7,9-13,15H,14H2,1-3H3;3-13H,1H2,2H3;/q2*-1;. The summed E-state index contributed by atoms with van der Waals surface area (Å²) in [7, 11) is 0. The zero-order valence-electron chi connectivity index (χ0n) is 26.2. The molecule has 0 aliphatic rings. The molecule has 0 amide bonds. The normalized spacial score (nSPS) is 10.9. The third kappa shape index (κ3) is 6.93. The molecule has 0 saturated heterocycles. The molecule has 4 heteroatoms. The van der Waals surface area contributed by atoms with Gasteiger partial charge in [-0.05, 0) is 65.7 Å². The van der Waals surface area contributed by atoms with Gasteiger partial charge in [0.2, 0.25) is 0 Å². The minimum absolute atomic E-state index is 0. The number of aryl methyl sites for hydroxylation is 2. The van der Waals surface area contributed by atoms with Gasteiger partial charge in [0.15, 0.2) is 0 Å². The van der Waals surface area contributed by atoms with Gasteiger partial charge >= 0.3 is 0 Å². The van der Waals surface area contributed by atoms with E-state index in [-0.39, 0.29) is 20.1 Å². The molecule has 227 valence electrons. The fourth-order valence-corrected chi connectivity index (χ4v) is 5.77. The Balaban J connectivity index is 0.000000177. The van der Waals surface area contributed by atoms with Crippen LogP contribution in [0.25, 0.3) is 55.4 Å². The molecule has 3 heterocycles. The molecular formula is C41H37IrN3-2. The van der Waals surface area contributed by atoms with Crippen LogP contribution in [0, 0.1) is 32.8 Å². The first-order valence-electron chi connectivity index (χ1n) is 15.2. The molecule has 0 atom stereocenters. The Kier molecular flexibility index (Phi) is 9.98. The van der Waals surface area contributed by atoms with Crippen molar-refractivity contribution in [3.63, 3.8) is 0 Å². The molecule has 0 N–H and O–H groups in total. The van der Waals surface area contributed by atoms with Crippen molar-refractivity contribution in [1.82, 2.24) is 14.5 Å². The molecule has 7 rings (SSSR count). The maximum atomic E-state index is 4.61. The number of nitrogens with zero attached hydrogens (tertiary/aromatic N) is 3. The molecule has 3 aromatic heterocycles. The van der Waals surface area contributed by atoms with E-state index >= 15 is 0 Å². The Bertz CT molecular complexity index is 2060. The van der Waals surface area contributed by atoms with E-state index in [1.165, 1.54) is 44.1 Å². The van der Waals surface area contributed by atoms with E-state index in [1.807, 2.05) is 54.9 Å². The van der Waals surface area contributed by atoms with E-state index < -0.39 is 0 Å². The molecule has 0 spiro atoms. The molecule has 0 saturated carbocycles. The minimum Gasteiger partial charge on any atom is -0.358 e. The molecule has 0 unspecified atom stereocenters. The smallest absolute Gasteiger partial charge is 0.0383 e. The maximum absolute atomic E-state index is 4.61. The summed E-state index contributed by atoms with van der Waals surface area (Å²) >= 11 is 0. The number of benzene rings is 4. The molecule has 0 aliphatic heterocycles. The van der Waals surface area contributed by atoms with Gasteiger partial charge in [0, 0.05) is 55.8 Å². The van der Waals surface area contributed by atoms with E-state index in [4.69, 9.17) is 0 Å². The van der Waals surface area contributed by atoms with Crippen LogP contribution in [0.1, 0.15) is 30.5 Å². The van der Waals surface area contributed by atoms with Crippen molar-refractivity contribution < 1.29 is 20.1 Å². The number of aromatic nitrogens is 3. The Morgan fingerprint density at radius 1 is 0.733 bits per heavy atom. The summed E-state index contributed by atoms with van der Waals surface area (Å²) in [4.78, 5) is 9.13. The van der Waals surface area contributed by atoms with E-state index in [0.29, 0.717) is 5.92 Å². The summed E-state index contributed by atoms with van der Waals surface area (Å²) in [5.41, 5.74) is 12.5. The van der Waals surface area contributed by atoms with Crippen molar-refractivity contribution in [2.45, 2.75) is 34.2 Å². The number of para-hydroxylation sites is 1. The number of fused-ring (bicyclic) bond motifs is 3. The first-order chi connectivity index (χ1) is 21.4. The Morgan fingerprint density at radius 3 is 2.20 bits per heavy atom. The SMILES string of the molecule is Cc1ccnc(-c2[c-]cc3c4ccccc4n(CC(C)C)c3c2)c1.[CH2-]c1ccccc1-c1cc(C)c(-c2ccccc2)cn1.[Ir]. The zero-order valence-corrected chi connectivity index (χ0v) is 28.6. The summed E-state index contributed by atoms with van der Waals surface area (Å²) in [6, 6.07) is 41.1. The van der Waals surface area contributed by atoms with Crippen molar-refractivity contribution in [3.8, 4) is 33.6 Å². The van der Waals surface area contributed by atoms with E-state index in [0.717, 1.165) is 34.6 Å². The average Bonchev–Trinajstić information content (AvgIpc) is 3.34. The average molecular weight is 764 g/mol. The van der Waals surface area contributed by atoms with Crippen LogP contribution in [0.5, 0.6) is 0 Å². The van der Waals surface area contributed by atoms with E-state index in [2.05, 4.69) is 122 Å². The third-order valence-corrected chi connectivity index (χ3v) is 7.93. The summed E-state index contributed by atoms with van der Waals surface area (Å²) in [5.74, 6) is 0.591. The molecule has 45 heavy (non-hydrogen) atoms. The van der Waals surface area contributed by atoms with Gasteiger partial charge < -0.3 is 9.55 Å². The van der Waals surface area contributed by atoms with Crippen molar-refractivity contribution in [2.75, 3.05) is 0 Å². The zero-order chi connectivity index (χ0) is 30.6. The van der Waals surface area contributed by atoms with Gasteiger partial charge in [0.1, 0.15) is 0 Å². The maximum Gasteiger partial charge on any atom is 0.0383 e. The fraction of sp³-hybridized carbons (Fsp3) is 0.146. The monoisotopic (exact) mass is 764 g/mol. The fourth-order valence-electron chi connectivity index (χ4n) is 5.77. The van der Waals surface area contributed by atoms with Crippen LogP contribution in [0.4, 0.5) is 0 Å². The predicted molar refractivity (Wildman–Crippen MR) is 185 cm³/mol. The number of hydrogen-bond acceptors (Lipinski definition) is 2. The first-order valence-corrected chi connectivity index (χ1v) is 15.2. The van der Waals surface area contributed by atoms with Crippen LogP contribution < -0.4 is 0 Å². The van der Waals surface area contributed by atoms with E-state index in [9.17, 15) is 0 Å². The molecule has 3 nitrogen and oxygen atoms in total. The van der Waals surface area contributed by atoms with Crippen LogP contribution in [0.15, 0.2) is 122 Å². The van der Waals surface area contributed by atoms with Gasteiger partial charge in [0.25, 0.3) is 0 Å². The third-order valence-electron chi connectivity index (χ3n) is 7.93. The molecule has 0 aliphatic carbocycles. The summed E-state index contributed by atoms with van der Waals surface area (Å²) in [6.07, 6.45) is 3.82. The second-order valence-corrected chi connectivity index (χ2v) is 11.8. The Hall–Kier alpha value is -4.50. The number of hydrogen-bond donors (Lipinski definition) is 0. The van der Waals surface area contributed by atoms with Crippen LogP contribution in [0.3, 0.4) is 0 Å². The summed E-state index contributed by atoms with van der Waals surface area (Å²) in [6.45, 7) is 13.8. The van der Waals surface area contributed by atoms with Crippen molar-refractivity contribution in [2.24, 2.45) is 5.92 Å². The van der Waals surface area contributed by atoms with Crippen LogP contribution in [-0.4, -0.2) is 14.5 Å². The van der Waals surface area contributed by atoms with Gasteiger partial charge in [-0.3, -0.25) is 4.98 Å². The largest absolute Gasteiger partial charge is 0.358 e. The molecule has 0 fully saturated rings. The van der Waals surface area contributed by atoms with Crippen LogP contribution in [0.2, 0.25) is 0 Å². The molecule has 7 aromatic rings. The van der Waals surface area contributed by atoms with Crippen LogP contribution in [-0.2, 0) is 26.7 Å². The second-order valence-electron chi connectivity index (χ2n) is 11.8. The predicted octanol–water partition coefficient (Wildman–Crippen LogP) is 10.5. The molecule has 0 bridgehead atoms. The van der Waals surface area contributed by atoms with Gasteiger partial charge in [-0.1, -0.05) is 85.5 Å². The van der Waals surface area contributed by atoms with Gasteiger partial charge in [-0.2, -0.15) is 18.6 Å². The first kappa shape index (κ1) is 31.9.